The van der Waals surface area contributed by atoms with E-state index in [1.165, 1.54) is 18.6 Å². The number of nitrogens with one attached hydrogen (secondary N) is 1. The fraction of sp³-hybridized carbons (Fsp3) is 0.286. The molecule has 2 aromatic rings. The molecule has 1 aromatic carbocycles. The highest BCUT2D eigenvalue weighted by atomic mass is 35.5. The second-order valence-electron chi connectivity index (χ2n) is 4.54. The number of hydrogen-bond acceptors (Lipinski definition) is 4. The number of hydrogen-bond donors (Lipinski definition) is 1. The minimum atomic E-state index is 0. The molecule has 106 valence electrons. The van der Waals surface area contributed by atoms with Crippen molar-refractivity contribution in [3.05, 3.63) is 34.7 Å². The third-order valence-corrected chi connectivity index (χ3v) is 4.13. The van der Waals surface area contributed by atoms with Gasteiger partial charge >= 0.3 is 0 Å². The van der Waals surface area contributed by atoms with Gasteiger partial charge in [0.2, 0.25) is 5.13 Å². The van der Waals surface area contributed by atoms with Gasteiger partial charge in [-0.3, -0.25) is 5.43 Å². The van der Waals surface area contributed by atoms with E-state index in [2.05, 4.69) is 15.5 Å². The molecule has 1 N–H and O–H groups in total. The highest BCUT2D eigenvalue weighted by Gasteiger charge is 2.08. The first kappa shape index (κ1) is 15.3. The van der Waals surface area contributed by atoms with Crippen LogP contribution in [0.5, 0.6) is 0 Å². The van der Waals surface area contributed by atoms with Crippen molar-refractivity contribution in [2.45, 2.75) is 25.7 Å². The Balaban J connectivity index is 0.00000147. The van der Waals surface area contributed by atoms with Gasteiger partial charge in [-0.1, -0.05) is 23.7 Å². The number of thiazole rings is 1. The van der Waals surface area contributed by atoms with Crippen LogP contribution in [0.25, 0.3) is 11.3 Å². The van der Waals surface area contributed by atoms with E-state index in [1.54, 1.807) is 11.3 Å². The molecule has 0 aliphatic heterocycles. The zero-order valence-electron chi connectivity index (χ0n) is 10.8. The van der Waals surface area contributed by atoms with Crippen molar-refractivity contribution >= 4 is 46.2 Å². The third kappa shape index (κ3) is 3.72. The zero-order valence-corrected chi connectivity index (χ0v) is 13.2. The van der Waals surface area contributed by atoms with Crippen LogP contribution in [0.15, 0.2) is 34.7 Å². The van der Waals surface area contributed by atoms with Gasteiger partial charge in [0.25, 0.3) is 0 Å². The van der Waals surface area contributed by atoms with Crippen LogP contribution in [0.1, 0.15) is 25.7 Å². The smallest absolute Gasteiger partial charge is 0.203 e. The molecule has 6 heteroatoms. The number of halogens is 2. The van der Waals surface area contributed by atoms with Crippen molar-refractivity contribution in [3.8, 4) is 11.3 Å². The first-order valence-corrected chi connectivity index (χ1v) is 7.60. The number of hydrazone groups is 1. The Hall–Kier alpha value is -1.10. The molecule has 20 heavy (non-hydrogen) atoms. The van der Waals surface area contributed by atoms with Crippen LogP contribution in [-0.2, 0) is 0 Å². The minimum absolute atomic E-state index is 0. The molecule has 0 amide bonds. The SMILES string of the molecule is Cl.Clc1ccc(-c2csc(NN=C3CCCC3)n2)cc1. The molecule has 1 saturated carbocycles. The maximum atomic E-state index is 5.88. The molecule has 1 aliphatic rings. The summed E-state index contributed by atoms with van der Waals surface area (Å²) in [5.41, 5.74) is 6.34. The average Bonchev–Trinajstić information content (AvgIpc) is 3.09. The van der Waals surface area contributed by atoms with Crippen molar-refractivity contribution in [2.75, 3.05) is 5.43 Å². The van der Waals surface area contributed by atoms with Gasteiger partial charge in [0, 0.05) is 21.7 Å². The Labute approximate surface area is 133 Å². The van der Waals surface area contributed by atoms with Crippen molar-refractivity contribution in [3.63, 3.8) is 0 Å². The lowest BCUT2D eigenvalue weighted by atomic mass is 10.2. The number of nitrogens with zero attached hydrogens (tertiary/aromatic N) is 2. The van der Waals surface area contributed by atoms with E-state index in [-0.39, 0.29) is 12.4 Å². The van der Waals surface area contributed by atoms with Crippen LogP contribution in [0.4, 0.5) is 5.13 Å². The summed E-state index contributed by atoms with van der Waals surface area (Å²) >= 11 is 7.45. The van der Waals surface area contributed by atoms with Gasteiger partial charge in [-0.25, -0.2) is 4.98 Å². The Morgan fingerprint density at radius 1 is 1.15 bits per heavy atom. The summed E-state index contributed by atoms with van der Waals surface area (Å²) in [4.78, 5) is 4.53. The molecule has 0 bridgehead atoms. The van der Waals surface area contributed by atoms with Gasteiger partial charge in [0.05, 0.1) is 5.69 Å². The molecule has 3 rings (SSSR count). The predicted octanol–water partition coefficient (Wildman–Crippen LogP) is 5.23. The zero-order chi connectivity index (χ0) is 13.1. The van der Waals surface area contributed by atoms with Crippen molar-refractivity contribution in [1.82, 2.24) is 4.98 Å². The van der Waals surface area contributed by atoms with E-state index in [1.807, 2.05) is 29.6 Å². The highest BCUT2D eigenvalue weighted by molar-refractivity contribution is 7.14. The Kier molecular flexibility index (Phi) is 5.40. The second-order valence-corrected chi connectivity index (χ2v) is 5.84. The minimum Gasteiger partial charge on any atom is -0.253 e. The maximum Gasteiger partial charge on any atom is 0.203 e. The fourth-order valence-electron chi connectivity index (χ4n) is 2.10. The summed E-state index contributed by atoms with van der Waals surface area (Å²) in [6.07, 6.45) is 4.74. The average molecular weight is 328 g/mol. The molecule has 0 saturated heterocycles. The molecule has 1 fully saturated rings. The Morgan fingerprint density at radius 3 is 2.55 bits per heavy atom. The van der Waals surface area contributed by atoms with E-state index in [0.717, 1.165) is 34.3 Å². The molecule has 0 spiro atoms. The van der Waals surface area contributed by atoms with Crippen LogP contribution in [-0.4, -0.2) is 10.7 Å². The monoisotopic (exact) mass is 327 g/mol. The first-order valence-electron chi connectivity index (χ1n) is 6.34. The van der Waals surface area contributed by atoms with Crippen LogP contribution >= 0.6 is 35.3 Å². The number of anilines is 1. The Morgan fingerprint density at radius 2 is 1.85 bits per heavy atom. The van der Waals surface area contributed by atoms with Gasteiger partial charge < -0.3 is 0 Å². The van der Waals surface area contributed by atoms with E-state index in [4.69, 9.17) is 11.6 Å². The van der Waals surface area contributed by atoms with E-state index < -0.39 is 0 Å². The lowest BCUT2D eigenvalue weighted by Gasteiger charge is -1.97. The maximum absolute atomic E-state index is 5.88. The molecule has 3 nitrogen and oxygen atoms in total. The van der Waals surface area contributed by atoms with Crippen LogP contribution in [0, 0.1) is 0 Å². The fourth-order valence-corrected chi connectivity index (χ4v) is 2.89. The first-order chi connectivity index (χ1) is 9.31. The van der Waals surface area contributed by atoms with E-state index in [9.17, 15) is 0 Å². The molecule has 0 atom stereocenters. The van der Waals surface area contributed by atoms with E-state index >= 15 is 0 Å². The largest absolute Gasteiger partial charge is 0.253 e. The lowest BCUT2D eigenvalue weighted by Crippen LogP contribution is -1.95. The molecule has 0 unspecified atom stereocenters. The van der Waals surface area contributed by atoms with Crippen molar-refractivity contribution in [2.24, 2.45) is 5.10 Å². The second kappa shape index (κ2) is 7.07. The molecular weight excluding hydrogens is 313 g/mol. The van der Waals surface area contributed by atoms with Crippen molar-refractivity contribution < 1.29 is 0 Å². The van der Waals surface area contributed by atoms with Crippen LogP contribution in [0.3, 0.4) is 0 Å². The van der Waals surface area contributed by atoms with Crippen molar-refractivity contribution in [1.29, 1.82) is 0 Å². The molecule has 1 aromatic heterocycles. The van der Waals surface area contributed by atoms with Crippen LogP contribution in [0.2, 0.25) is 5.02 Å². The van der Waals surface area contributed by atoms with Crippen LogP contribution < -0.4 is 5.43 Å². The highest BCUT2D eigenvalue weighted by Crippen LogP contribution is 2.26. The topological polar surface area (TPSA) is 37.3 Å². The molecular formula is C14H15Cl2N3S. The summed E-state index contributed by atoms with van der Waals surface area (Å²) in [6.45, 7) is 0. The molecule has 1 heterocycles. The number of rotatable bonds is 3. The normalized spacial score (nSPS) is 13.9. The number of aromatic nitrogens is 1. The van der Waals surface area contributed by atoms with Gasteiger partial charge in [0.1, 0.15) is 0 Å². The van der Waals surface area contributed by atoms with Gasteiger partial charge in [-0.2, -0.15) is 5.10 Å². The quantitative estimate of drug-likeness (QED) is 0.784. The molecule has 1 aliphatic carbocycles. The van der Waals surface area contributed by atoms with Gasteiger partial charge in [0.15, 0.2) is 0 Å². The van der Waals surface area contributed by atoms with Gasteiger partial charge in [-0.05, 0) is 37.8 Å². The van der Waals surface area contributed by atoms with Gasteiger partial charge in [-0.15, -0.1) is 23.7 Å². The summed E-state index contributed by atoms with van der Waals surface area (Å²) in [7, 11) is 0. The third-order valence-electron chi connectivity index (χ3n) is 3.13. The Bertz CT molecular complexity index is 585. The lowest BCUT2D eigenvalue weighted by molar-refractivity contribution is 0.886. The number of benzene rings is 1. The van der Waals surface area contributed by atoms with E-state index in [0.29, 0.717) is 0 Å². The molecule has 0 radical (unpaired) electrons. The summed E-state index contributed by atoms with van der Waals surface area (Å²) in [6, 6.07) is 7.71. The standard InChI is InChI=1S/C14H14ClN3S.ClH/c15-11-7-5-10(6-8-11)13-9-19-14(16-13)18-17-12-3-1-2-4-12;/h5-9H,1-4H2,(H,16,18);1H. The predicted molar refractivity (Wildman–Crippen MR) is 89.3 cm³/mol. The summed E-state index contributed by atoms with van der Waals surface area (Å²) in [5, 5.41) is 8.01. The summed E-state index contributed by atoms with van der Waals surface area (Å²) in [5.74, 6) is 0. The summed E-state index contributed by atoms with van der Waals surface area (Å²) < 4.78 is 0.